The van der Waals surface area contributed by atoms with Crippen molar-refractivity contribution in [2.45, 2.75) is 38.1 Å². The highest BCUT2D eigenvalue weighted by Crippen LogP contribution is 2.66. The van der Waals surface area contributed by atoms with E-state index in [1.165, 1.54) is 0 Å². The molecule has 3 atom stereocenters. The molecule has 0 radical (unpaired) electrons. The van der Waals surface area contributed by atoms with Crippen molar-refractivity contribution in [2.75, 3.05) is 0 Å². The van der Waals surface area contributed by atoms with E-state index in [-0.39, 0.29) is 17.4 Å². The normalized spacial score (nSPS) is 16.9. The van der Waals surface area contributed by atoms with Crippen LogP contribution in [0, 0.1) is 0 Å². The Morgan fingerprint density at radius 3 is 1.30 bits per heavy atom. The number of benzene rings is 3. The highest BCUT2D eigenvalue weighted by Gasteiger charge is 2.38. The Balaban J connectivity index is 1.99. The zero-order valence-electron chi connectivity index (χ0n) is 16.2. The van der Waals surface area contributed by atoms with Gasteiger partial charge in [-0.15, -0.1) is 0 Å². The van der Waals surface area contributed by atoms with Crippen molar-refractivity contribution in [3.63, 3.8) is 0 Å². The minimum absolute atomic E-state index is 0.00866. The van der Waals surface area contributed by atoms with Crippen molar-refractivity contribution in [2.24, 2.45) is 0 Å². The van der Waals surface area contributed by atoms with Crippen molar-refractivity contribution in [1.29, 1.82) is 0 Å². The first kappa shape index (κ1) is 19.6. The second kappa shape index (κ2) is 8.69. The van der Waals surface area contributed by atoms with Gasteiger partial charge in [-0.3, -0.25) is 5.09 Å². The van der Waals surface area contributed by atoms with Crippen LogP contribution in [0.2, 0.25) is 0 Å². The van der Waals surface area contributed by atoms with E-state index in [2.05, 4.69) is 62.3 Å². The quantitative estimate of drug-likeness (QED) is 0.443. The van der Waals surface area contributed by atoms with Crippen molar-refractivity contribution in [3.05, 3.63) is 108 Å². The van der Waals surface area contributed by atoms with Crippen molar-refractivity contribution in [3.8, 4) is 0 Å². The molecule has 0 saturated carbocycles. The average Bonchev–Trinajstić information content (AvgIpc) is 2.74. The molecule has 3 rings (SSSR count). The number of hydrogen-bond donors (Lipinski definition) is 1. The lowest BCUT2D eigenvalue weighted by atomic mass is 10.1. The number of nitrogens with one attached hydrogen (secondary N) is 1. The molecule has 3 aromatic carbocycles. The molecule has 0 aliphatic carbocycles. The molecular weight excluding hydrogens is 349 g/mol. The third-order valence-electron chi connectivity index (χ3n) is 5.41. The second-order valence-electron chi connectivity index (χ2n) is 7.14. The predicted octanol–water partition coefficient (Wildman–Crippen LogP) is 7.14. The van der Waals surface area contributed by atoms with Gasteiger partial charge in [0.15, 0.2) is 7.29 Å². The van der Waals surface area contributed by atoms with Crippen LogP contribution < -0.4 is 5.09 Å². The van der Waals surface area contributed by atoms with Gasteiger partial charge in [0.25, 0.3) is 0 Å². The van der Waals surface area contributed by atoms with E-state index in [0.717, 1.165) is 16.7 Å². The molecule has 0 saturated heterocycles. The fourth-order valence-electron chi connectivity index (χ4n) is 3.58. The Hall–Kier alpha value is -2.15. The van der Waals surface area contributed by atoms with Crippen LogP contribution in [-0.2, 0) is 4.57 Å². The summed E-state index contributed by atoms with van der Waals surface area (Å²) in [6.45, 7) is 6.26. The molecule has 0 spiro atoms. The van der Waals surface area contributed by atoms with Gasteiger partial charge in [-0.25, -0.2) is 0 Å². The van der Waals surface area contributed by atoms with E-state index in [9.17, 15) is 4.57 Å². The third kappa shape index (κ3) is 4.40. The van der Waals surface area contributed by atoms with E-state index < -0.39 is 7.29 Å². The Kier molecular flexibility index (Phi) is 6.31. The largest absolute Gasteiger partial charge is 0.305 e. The van der Waals surface area contributed by atoms with Gasteiger partial charge in [0.1, 0.15) is 0 Å². The van der Waals surface area contributed by atoms with Crippen LogP contribution in [0.4, 0.5) is 0 Å². The maximum atomic E-state index is 14.5. The number of hydrogen-bond acceptors (Lipinski definition) is 1. The highest BCUT2D eigenvalue weighted by molar-refractivity contribution is 7.62. The smallest absolute Gasteiger partial charge is 0.162 e. The van der Waals surface area contributed by atoms with E-state index in [4.69, 9.17) is 0 Å². The molecule has 0 fully saturated rings. The van der Waals surface area contributed by atoms with Crippen LogP contribution in [0.25, 0.3) is 0 Å². The summed E-state index contributed by atoms with van der Waals surface area (Å²) in [5.74, 6) is 0. The summed E-state index contributed by atoms with van der Waals surface area (Å²) in [5, 5.41) is 3.56. The fraction of sp³-hybridized carbons (Fsp3) is 0.250. The second-order valence-corrected chi connectivity index (χ2v) is 10.4. The lowest BCUT2D eigenvalue weighted by Gasteiger charge is -2.34. The summed E-state index contributed by atoms with van der Waals surface area (Å²) in [4.78, 5) is 0. The first-order chi connectivity index (χ1) is 13.0. The summed E-state index contributed by atoms with van der Waals surface area (Å²) in [7, 11) is -2.82. The summed E-state index contributed by atoms with van der Waals surface area (Å²) < 4.78 is 14.5. The van der Waals surface area contributed by atoms with Gasteiger partial charge in [0.2, 0.25) is 0 Å². The van der Waals surface area contributed by atoms with Gasteiger partial charge >= 0.3 is 0 Å². The van der Waals surface area contributed by atoms with E-state index in [0.29, 0.717) is 0 Å². The maximum Gasteiger partial charge on any atom is 0.162 e. The monoisotopic (exact) mass is 377 g/mol. The molecule has 27 heavy (non-hydrogen) atoms. The van der Waals surface area contributed by atoms with Crippen LogP contribution in [0.1, 0.15) is 54.8 Å². The van der Waals surface area contributed by atoms with Crippen LogP contribution in [0.5, 0.6) is 0 Å². The molecule has 0 amide bonds. The van der Waals surface area contributed by atoms with Crippen molar-refractivity contribution < 1.29 is 4.57 Å². The lowest BCUT2D eigenvalue weighted by Crippen LogP contribution is -2.22. The summed E-state index contributed by atoms with van der Waals surface area (Å²) >= 11 is 0. The maximum absolute atomic E-state index is 14.5. The van der Waals surface area contributed by atoms with Crippen molar-refractivity contribution >= 4 is 7.29 Å². The van der Waals surface area contributed by atoms with Crippen LogP contribution >= 0.6 is 7.29 Å². The zero-order chi connectivity index (χ0) is 19.3. The lowest BCUT2D eigenvalue weighted by molar-refractivity contribution is 0.535. The molecule has 140 valence electrons. The molecule has 3 heteroatoms. The molecule has 0 bridgehead atoms. The average molecular weight is 377 g/mol. The predicted molar refractivity (Wildman–Crippen MR) is 115 cm³/mol. The molecule has 2 nitrogen and oxygen atoms in total. The van der Waals surface area contributed by atoms with Gasteiger partial charge in [-0.1, -0.05) is 105 Å². The zero-order valence-corrected chi connectivity index (χ0v) is 17.1. The molecule has 0 aliphatic rings. The summed E-state index contributed by atoms with van der Waals surface area (Å²) in [6, 6.07) is 30.6. The Bertz CT molecular complexity index is 831. The number of rotatable bonds is 7. The SMILES string of the molecule is CC(NP(=O)(C(C)c1ccccc1)C(C)c1ccccc1)c1ccccc1. The molecule has 0 aliphatic heterocycles. The van der Waals surface area contributed by atoms with Gasteiger partial charge in [0, 0.05) is 17.4 Å². The van der Waals surface area contributed by atoms with Gasteiger partial charge < -0.3 is 4.57 Å². The van der Waals surface area contributed by atoms with E-state index in [1.807, 2.05) is 54.6 Å². The van der Waals surface area contributed by atoms with E-state index >= 15 is 0 Å². The van der Waals surface area contributed by atoms with Crippen LogP contribution in [0.15, 0.2) is 91.0 Å². The summed E-state index contributed by atoms with van der Waals surface area (Å²) in [6.07, 6.45) is 0. The Morgan fingerprint density at radius 2 is 0.926 bits per heavy atom. The Morgan fingerprint density at radius 1 is 0.593 bits per heavy atom. The molecule has 0 heterocycles. The van der Waals surface area contributed by atoms with Gasteiger partial charge in [-0.05, 0) is 23.6 Å². The standard InChI is InChI=1S/C24H28NOP/c1-19(22-13-7-4-8-14-22)25-27(26,20(2)23-15-9-5-10-16-23)21(3)24-17-11-6-12-18-24/h4-21H,1-3H3,(H,25,26). The minimum Gasteiger partial charge on any atom is -0.305 e. The fourth-order valence-corrected chi connectivity index (χ4v) is 6.69. The molecule has 0 aromatic heterocycles. The highest BCUT2D eigenvalue weighted by atomic mass is 31.2. The first-order valence-electron chi connectivity index (χ1n) is 9.54. The van der Waals surface area contributed by atoms with Crippen molar-refractivity contribution in [1.82, 2.24) is 5.09 Å². The van der Waals surface area contributed by atoms with Gasteiger partial charge in [0.05, 0.1) is 0 Å². The Labute approximate surface area is 163 Å². The molecule has 1 N–H and O–H groups in total. The van der Waals surface area contributed by atoms with Crippen LogP contribution in [-0.4, -0.2) is 0 Å². The first-order valence-corrected chi connectivity index (χ1v) is 11.4. The summed E-state index contributed by atoms with van der Waals surface area (Å²) in [5.41, 5.74) is 3.20. The van der Waals surface area contributed by atoms with E-state index in [1.54, 1.807) is 0 Å². The van der Waals surface area contributed by atoms with Crippen LogP contribution in [0.3, 0.4) is 0 Å². The minimum atomic E-state index is -2.82. The third-order valence-corrected chi connectivity index (χ3v) is 9.10. The molecular formula is C24H28NOP. The molecule has 3 unspecified atom stereocenters. The van der Waals surface area contributed by atoms with Gasteiger partial charge in [-0.2, -0.15) is 0 Å². The molecule has 3 aromatic rings. The topological polar surface area (TPSA) is 29.1 Å².